The highest BCUT2D eigenvalue weighted by Crippen LogP contribution is 2.27. The van der Waals surface area contributed by atoms with Gasteiger partial charge in [0.2, 0.25) is 5.91 Å². The van der Waals surface area contributed by atoms with Crippen LogP contribution in [0.4, 0.5) is 0 Å². The molecule has 0 saturated heterocycles. The summed E-state index contributed by atoms with van der Waals surface area (Å²) in [4.78, 5) is 11.9. The number of rotatable bonds is 3. The van der Waals surface area contributed by atoms with Gasteiger partial charge in [0.1, 0.15) is 0 Å². The first-order chi connectivity index (χ1) is 5.93. The van der Waals surface area contributed by atoms with E-state index in [9.17, 15) is 4.79 Å². The van der Waals surface area contributed by atoms with Gasteiger partial charge in [-0.3, -0.25) is 4.79 Å². The third kappa shape index (κ3) is 2.70. The third-order valence-corrected chi connectivity index (χ3v) is 4.06. The van der Waals surface area contributed by atoms with Gasteiger partial charge in [0.25, 0.3) is 0 Å². The van der Waals surface area contributed by atoms with Gasteiger partial charge in [-0.05, 0) is 26.7 Å². The molecule has 13 heavy (non-hydrogen) atoms. The SMILES string of the molecule is CC(Br)C(C)(C)NC(=O)C1CCC1. The molecule has 1 N–H and O–H groups in total. The zero-order valence-electron chi connectivity index (χ0n) is 8.56. The van der Waals surface area contributed by atoms with Gasteiger partial charge in [-0.25, -0.2) is 0 Å². The Morgan fingerprint density at radius 3 is 2.38 bits per heavy atom. The fraction of sp³-hybridized carbons (Fsp3) is 0.900. The summed E-state index contributed by atoms with van der Waals surface area (Å²) >= 11 is 3.50. The summed E-state index contributed by atoms with van der Waals surface area (Å²) in [6, 6.07) is 0. The topological polar surface area (TPSA) is 29.1 Å². The molecule has 0 aromatic carbocycles. The average molecular weight is 248 g/mol. The van der Waals surface area contributed by atoms with E-state index < -0.39 is 0 Å². The lowest BCUT2D eigenvalue weighted by molar-refractivity contribution is -0.129. The van der Waals surface area contributed by atoms with E-state index in [1.54, 1.807) is 0 Å². The Morgan fingerprint density at radius 2 is 2.08 bits per heavy atom. The molecule has 1 atom stereocenters. The number of halogens is 1. The van der Waals surface area contributed by atoms with Crippen LogP contribution in [-0.4, -0.2) is 16.3 Å². The highest BCUT2D eigenvalue weighted by molar-refractivity contribution is 9.09. The highest BCUT2D eigenvalue weighted by Gasteiger charge is 2.31. The summed E-state index contributed by atoms with van der Waals surface area (Å²) < 4.78 is 0. The number of carbonyl (C=O) groups excluding carboxylic acids is 1. The van der Waals surface area contributed by atoms with Gasteiger partial charge in [0.15, 0.2) is 0 Å². The second-order valence-electron chi connectivity index (χ2n) is 4.45. The fourth-order valence-corrected chi connectivity index (χ4v) is 1.30. The molecule has 0 heterocycles. The average Bonchev–Trinajstić information content (AvgIpc) is 1.80. The smallest absolute Gasteiger partial charge is 0.223 e. The summed E-state index contributed by atoms with van der Waals surface area (Å²) in [5.41, 5.74) is -0.146. The zero-order valence-corrected chi connectivity index (χ0v) is 10.1. The van der Waals surface area contributed by atoms with Gasteiger partial charge >= 0.3 is 0 Å². The van der Waals surface area contributed by atoms with Gasteiger partial charge in [0, 0.05) is 16.3 Å². The van der Waals surface area contributed by atoms with Crippen LogP contribution in [0.5, 0.6) is 0 Å². The lowest BCUT2D eigenvalue weighted by atomic mass is 9.84. The number of hydrogen-bond acceptors (Lipinski definition) is 1. The Kier molecular flexibility index (Phi) is 3.38. The lowest BCUT2D eigenvalue weighted by Crippen LogP contribution is -2.51. The van der Waals surface area contributed by atoms with Crippen molar-refractivity contribution in [1.29, 1.82) is 0 Å². The molecule has 1 aliphatic carbocycles. The first kappa shape index (κ1) is 11.0. The molecule has 0 aromatic heterocycles. The predicted octanol–water partition coefficient (Wildman–Crippen LogP) is 2.46. The molecular weight excluding hydrogens is 230 g/mol. The molecule has 0 bridgehead atoms. The van der Waals surface area contributed by atoms with Gasteiger partial charge in [-0.2, -0.15) is 0 Å². The molecule has 0 radical (unpaired) electrons. The normalized spacial score (nSPS) is 20.6. The van der Waals surface area contributed by atoms with E-state index in [1.807, 2.05) is 13.8 Å². The Labute approximate surface area is 88.6 Å². The Balaban J connectivity index is 2.42. The molecule has 1 rings (SSSR count). The zero-order chi connectivity index (χ0) is 10.1. The maximum Gasteiger partial charge on any atom is 0.223 e. The maximum atomic E-state index is 11.6. The third-order valence-electron chi connectivity index (χ3n) is 2.92. The van der Waals surface area contributed by atoms with Crippen LogP contribution in [-0.2, 0) is 4.79 Å². The van der Waals surface area contributed by atoms with Crippen LogP contribution in [0.1, 0.15) is 40.0 Å². The van der Waals surface area contributed by atoms with Crippen LogP contribution in [0.3, 0.4) is 0 Å². The summed E-state index contributed by atoms with van der Waals surface area (Å²) in [7, 11) is 0. The van der Waals surface area contributed by atoms with Gasteiger partial charge in [-0.15, -0.1) is 0 Å². The second-order valence-corrected chi connectivity index (χ2v) is 5.83. The fourth-order valence-electron chi connectivity index (χ4n) is 1.19. The first-order valence-electron chi connectivity index (χ1n) is 4.89. The van der Waals surface area contributed by atoms with Crippen LogP contribution in [0.25, 0.3) is 0 Å². The van der Waals surface area contributed by atoms with Crippen LogP contribution in [0.15, 0.2) is 0 Å². The standard InChI is InChI=1S/C10H18BrNO/c1-7(11)10(2,3)12-9(13)8-5-4-6-8/h7-8H,4-6H2,1-3H3,(H,12,13). The minimum absolute atomic E-state index is 0.146. The van der Waals surface area contributed by atoms with E-state index in [4.69, 9.17) is 0 Å². The molecule has 0 spiro atoms. The molecule has 0 aromatic rings. The molecule has 2 nitrogen and oxygen atoms in total. The number of carbonyl (C=O) groups is 1. The van der Waals surface area contributed by atoms with Crippen LogP contribution < -0.4 is 5.32 Å². The van der Waals surface area contributed by atoms with E-state index in [1.165, 1.54) is 6.42 Å². The van der Waals surface area contributed by atoms with Gasteiger partial charge in [0.05, 0.1) is 0 Å². The number of alkyl halides is 1. The van der Waals surface area contributed by atoms with E-state index >= 15 is 0 Å². The van der Waals surface area contributed by atoms with Crippen molar-refractivity contribution < 1.29 is 4.79 Å². The lowest BCUT2D eigenvalue weighted by Gasteiger charge is -2.33. The van der Waals surface area contributed by atoms with Crippen molar-refractivity contribution in [3.63, 3.8) is 0 Å². The minimum Gasteiger partial charge on any atom is -0.350 e. The molecular formula is C10H18BrNO. The summed E-state index contributed by atoms with van der Waals surface area (Å²) in [6.45, 7) is 6.15. The molecule has 76 valence electrons. The number of amides is 1. The molecule has 1 fully saturated rings. The van der Waals surface area contributed by atoms with E-state index in [-0.39, 0.29) is 17.4 Å². The number of hydrogen-bond donors (Lipinski definition) is 1. The summed E-state index contributed by atoms with van der Waals surface area (Å²) in [5.74, 6) is 0.507. The first-order valence-corrected chi connectivity index (χ1v) is 5.81. The van der Waals surface area contributed by atoms with Crippen molar-refractivity contribution in [2.45, 2.75) is 50.4 Å². The van der Waals surface area contributed by atoms with Crippen molar-refractivity contribution in [2.24, 2.45) is 5.92 Å². The molecule has 0 aliphatic heterocycles. The predicted molar refractivity (Wildman–Crippen MR) is 58.0 cm³/mol. The molecule has 1 amide bonds. The summed E-state index contributed by atoms with van der Waals surface area (Å²) in [6.07, 6.45) is 3.35. The van der Waals surface area contributed by atoms with Gasteiger partial charge < -0.3 is 5.32 Å². The van der Waals surface area contributed by atoms with Crippen molar-refractivity contribution >= 4 is 21.8 Å². The maximum absolute atomic E-state index is 11.6. The number of nitrogens with one attached hydrogen (secondary N) is 1. The Bertz CT molecular complexity index is 197. The second kappa shape index (κ2) is 3.99. The van der Waals surface area contributed by atoms with Crippen molar-refractivity contribution in [3.05, 3.63) is 0 Å². The monoisotopic (exact) mass is 247 g/mol. The van der Waals surface area contributed by atoms with Crippen molar-refractivity contribution in [3.8, 4) is 0 Å². The van der Waals surface area contributed by atoms with Crippen molar-refractivity contribution in [1.82, 2.24) is 5.32 Å². The molecule has 1 saturated carbocycles. The van der Waals surface area contributed by atoms with Crippen LogP contribution in [0.2, 0.25) is 0 Å². The Hall–Kier alpha value is -0.0500. The molecule has 1 unspecified atom stereocenters. The molecule has 1 aliphatic rings. The van der Waals surface area contributed by atoms with Crippen molar-refractivity contribution in [2.75, 3.05) is 0 Å². The quantitative estimate of drug-likeness (QED) is 0.764. The van der Waals surface area contributed by atoms with Gasteiger partial charge in [-0.1, -0.05) is 29.3 Å². The van der Waals surface area contributed by atoms with Crippen LogP contribution in [0, 0.1) is 5.92 Å². The Morgan fingerprint density at radius 1 is 1.54 bits per heavy atom. The van der Waals surface area contributed by atoms with E-state index in [0.717, 1.165) is 12.8 Å². The van der Waals surface area contributed by atoms with E-state index in [0.29, 0.717) is 4.83 Å². The van der Waals surface area contributed by atoms with E-state index in [2.05, 4.69) is 28.2 Å². The summed E-state index contributed by atoms with van der Waals surface area (Å²) in [5, 5.41) is 3.07. The van der Waals surface area contributed by atoms with Crippen LogP contribution >= 0.6 is 15.9 Å². The highest BCUT2D eigenvalue weighted by atomic mass is 79.9. The largest absolute Gasteiger partial charge is 0.350 e. The molecule has 3 heteroatoms. The minimum atomic E-state index is -0.146.